The smallest absolute Gasteiger partial charge is 0.217 e. The number of aliphatic hydroxyl groups is 1. The summed E-state index contributed by atoms with van der Waals surface area (Å²) >= 11 is 0. The first kappa shape index (κ1) is 24.1. The van der Waals surface area contributed by atoms with Gasteiger partial charge in [-0.15, -0.1) is 0 Å². The number of rotatable bonds is 17. The number of nitrogens with one attached hydrogen (secondary N) is 1. The predicted octanol–water partition coefficient (Wildman–Crippen LogP) is 4.76. The maximum Gasteiger partial charge on any atom is 0.217 e. The number of allylic oxidation sites excluding steroid dienone is 1. The molecule has 1 amide bonds. The third-order valence-electron chi connectivity index (χ3n) is 4.55. The highest BCUT2D eigenvalue weighted by Gasteiger charge is 2.18. The van der Waals surface area contributed by atoms with Crippen LogP contribution in [0.5, 0.6) is 0 Å². The van der Waals surface area contributed by atoms with Crippen LogP contribution in [0.15, 0.2) is 12.2 Å². The molecule has 0 radical (unpaired) electrons. The second-order valence-electron chi connectivity index (χ2n) is 6.94. The maximum absolute atomic E-state index is 11.1. The zero-order valence-electron chi connectivity index (χ0n) is 16.8. The lowest BCUT2D eigenvalue weighted by molar-refractivity contribution is -0.120. The van der Waals surface area contributed by atoms with Crippen molar-refractivity contribution in [3.05, 3.63) is 12.2 Å². The molecule has 0 fully saturated rings. The van der Waals surface area contributed by atoms with Gasteiger partial charge in [-0.25, -0.2) is 0 Å². The minimum absolute atomic E-state index is 0.124. The lowest BCUT2D eigenvalue weighted by Gasteiger charge is -2.22. The Hall–Kier alpha value is -0.870. The highest BCUT2D eigenvalue weighted by molar-refractivity contribution is 5.73. The molecular weight excluding hydrogens is 314 g/mol. The van der Waals surface area contributed by atoms with Gasteiger partial charge in [-0.3, -0.25) is 4.79 Å². The van der Waals surface area contributed by atoms with E-state index in [1.54, 1.807) is 7.11 Å². The summed E-state index contributed by atoms with van der Waals surface area (Å²) in [6.45, 7) is 3.59. The first-order valence-corrected chi connectivity index (χ1v) is 10.2. The fourth-order valence-corrected chi connectivity index (χ4v) is 3.03. The van der Waals surface area contributed by atoms with Gasteiger partial charge in [0.1, 0.15) is 0 Å². The molecule has 0 aliphatic heterocycles. The quantitative estimate of drug-likeness (QED) is 0.292. The zero-order valence-corrected chi connectivity index (χ0v) is 16.8. The Labute approximate surface area is 155 Å². The molecule has 25 heavy (non-hydrogen) atoms. The van der Waals surface area contributed by atoms with Gasteiger partial charge in [-0.05, 0) is 12.8 Å². The first-order chi connectivity index (χ1) is 12.2. The van der Waals surface area contributed by atoms with Crippen molar-refractivity contribution in [1.29, 1.82) is 0 Å². The van der Waals surface area contributed by atoms with Crippen LogP contribution >= 0.6 is 0 Å². The molecule has 0 rings (SSSR count). The van der Waals surface area contributed by atoms with Crippen molar-refractivity contribution < 1.29 is 14.6 Å². The summed E-state index contributed by atoms with van der Waals surface area (Å²) in [6.07, 6.45) is 19.6. The number of methoxy groups -OCH3 is 1. The molecule has 148 valence electrons. The van der Waals surface area contributed by atoms with Crippen LogP contribution in [-0.2, 0) is 9.53 Å². The van der Waals surface area contributed by atoms with E-state index in [0.29, 0.717) is 0 Å². The predicted molar refractivity (Wildman–Crippen MR) is 106 cm³/mol. The van der Waals surface area contributed by atoms with Crippen molar-refractivity contribution in [2.24, 2.45) is 0 Å². The second-order valence-corrected chi connectivity index (χ2v) is 6.94. The van der Waals surface area contributed by atoms with Gasteiger partial charge in [0, 0.05) is 14.0 Å². The summed E-state index contributed by atoms with van der Waals surface area (Å²) in [5.74, 6) is -0.153. The van der Waals surface area contributed by atoms with E-state index >= 15 is 0 Å². The number of carbonyl (C=O) groups excluding carboxylic acids is 1. The highest BCUT2D eigenvalue weighted by Crippen LogP contribution is 2.12. The molecule has 0 aromatic rings. The van der Waals surface area contributed by atoms with E-state index in [9.17, 15) is 9.90 Å². The number of hydrogen-bond donors (Lipinski definition) is 2. The molecular formula is C21H41NO3. The Morgan fingerprint density at radius 3 is 1.96 bits per heavy atom. The maximum atomic E-state index is 11.1. The number of amides is 1. The van der Waals surface area contributed by atoms with Crippen LogP contribution in [0.2, 0.25) is 0 Å². The van der Waals surface area contributed by atoms with E-state index in [-0.39, 0.29) is 24.7 Å². The fourth-order valence-electron chi connectivity index (χ4n) is 3.03. The SMILES string of the molecule is CCCCCCCCCCCCC/C=C/[C@@H](OC)[C@H](CO)NC(C)=O. The monoisotopic (exact) mass is 355 g/mol. The summed E-state index contributed by atoms with van der Waals surface area (Å²) in [5, 5.41) is 12.1. The summed E-state index contributed by atoms with van der Waals surface area (Å²) in [7, 11) is 1.60. The molecule has 0 aliphatic carbocycles. The van der Waals surface area contributed by atoms with Crippen molar-refractivity contribution in [2.45, 2.75) is 103 Å². The molecule has 0 heterocycles. The Morgan fingerprint density at radius 2 is 1.52 bits per heavy atom. The number of aliphatic hydroxyl groups excluding tert-OH is 1. The Morgan fingerprint density at radius 1 is 1.00 bits per heavy atom. The molecule has 0 aromatic carbocycles. The van der Waals surface area contributed by atoms with Gasteiger partial charge >= 0.3 is 0 Å². The lowest BCUT2D eigenvalue weighted by atomic mass is 10.0. The number of unbranched alkanes of at least 4 members (excludes halogenated alkanes) is 11. The van der Waals surface area contributed by atoms with Gasteiger partial charge in [-0.1, -0.05) is 83.3 Å². The van der Waals surface area contributed by atoms with Gasteiger partial charge in [-0.2, -0.15) is 0 Å². The van der Waals surface area contributed by atoms with Crippen molar-refractivity contribution >= 4 is 5.91 Å². The molecule has 0 aromatic heterocycles. The van der Waals surface area contributed by atoms with E-state index in [4.69, 9.17) is 4.74 Å². The number of hydrogen-bond acceptors (Lipinski definition) is 3. The third-order valence-corrected chi connectivity index (χ3v) is 4.55. The number of ether oxygens (including phenoxy) is 1. The van der Waals surface area contributed by atoms with Gasteiger partial charge in [0.2, 0.25) is 5.91 Å². The van der Waals surface area contributed by atoms with Crippen LogP contribution in [0, 0.1) is 0 Å². The largest absolute Gasteiger partial charge is 0.394 e. The minimum atomic E-state index is -0.379. The molecule has 4 nitrogen and oxygen atoms in total. The van der Waals surface area contributed by atoms with Crippen LogP contribution in [0.3, 0.4) is 0 Å². The molecule has 0 bridgehead atoms. The van der Waals surface area contributed by atoms with E-state index < -0.39 is 0 Å². The van der Waals surface area contributed by atoms with Crippen molar-refractivity contribution in [3.8, 4) is 0 Å². The molecule has 2 atom stereocenters. The summed E-state index contributed by atoms with van der Waals surface area (Å²) < 4.78 is 5.35. The Kier molecular flexibility index (Phi) is 17.3. The molecule has 4 heteroatoms. The van der Waals surface area contributed by atoms with Crippen molar-refractivity contribution in [2.75, 3.05) is 13.7 Å². The standard InChI is InChI=1S/C21H41NO3/c1-4-5-6-7-8-9-10-11-12-13-14-15-16-17-21(25-3)20(18-23)22-19(2)24/h16-17,20-21,23H,4-15,18H2,1-3H3,(H,22,24)/b17-16+/t20-,21+/m0/s1. The van der Waals surface area contributed by atoms with Crippen LogP contribution < -0.4 is 5.32 Å². The summed E-state index contributed by atoms with van der Waals surface area (Å²) in [4.78, 5) is 11.1. The van der Waals surface area contributed by atoms with Crippen LogP contribution in [0.25, 0.3) is 0 Å². The highest BCUT2D eigenvalue weighted by atomic mass is 16.5. The average molecular weight is 356 g/mol. The Balaban J connectivity index is 3.61. The average Bonchev–Trinajstić information content (AvgIpc) is 2.60. The lowest BCUT2D eigenvalue weighted by Crippen LogP contribution is -2.45. The van der Waals surface area contributed by atoms with E-state index in [2.05, 4.69) is 18.3 Å². The Bertz CT molecular complexity index is 331. The van der Waals surface area contributed by atoms with E-state index in [0.717, 1.165) is 6.42 Å². The zero-order chi connectivity index (χ0) is 18.8. The van der Waals surface area contributed by atoms with Gasteiger partial charge in [0.05, 0.1) is 18.8 Å². The van der Waals surface area contributed by atoms with Crippen LogP contribution in [-0.4, -0.2) is 36.9 Å². The molecule has 0 saturated carbocycles. The molecule has 0 spiro atoms. The topological polar surface area (TPSA) is 58.6 Å². The minimum Gasteiger partial charge on any atom is -0.394 e. The molecule has 0 saturated heterocycles. The number of carbonyl (C=O) groups is 1. The summed E-state index contributed by atoms with van der Waals surface area (Å²) in [6, 6.07) is -0.379. The first-order valence-electron chi connectivity index (χ1n) is 10.2. The molecule has 0 unspecified atom stereocenters. The second kappa shape index (κ2) is 17.9. The normalized spacial score (nSPS) is 13.9. The van der Waals surface area contributed by atoms with Crippen molar-refractivity contribution in [3.63, 3.8) is 0 Å². The van der Waals surface area contributed by atoms with Crippen LogP contribution in [0.4, 0.5) is 0 Å². The molecule has 2 N–H and O–H groups in total. The fraction of sp³-hybridized carbons (Fsp3) is 0.857. The van der Waals surface area contributed by atoms with E-state index in [1.807, 2.05) is 6.08 Å². The van der Waals surface area contributed by atoms with Gasteiger partial charge in [0.25, 0.3) is 0 Å². The van der Waals surface area contributed by atoms with E-state index in [1.165, 1.54) is 77.6 Å². The summed E-state index contributed by atoms with van der Waals surface area (Å²) in [5.41, 5.74) is 0. The van der Waals surface area contributed by atoms with Gasteiger partial charge < -0.3 is 15.2 Å². The van der Waals surface area contributed by atoms with Crippen molar-refractivity contribution in [1.82, 2.24) is 5.32 Å². The molecule has 0 aliphatic rings. The third kappa shape index (κ3) is 15.1. The van der Waals surface area contributed by atoms with Gasteiger partial charge in [0.15, 0.2) is 0 Å². The van der Waals surface area contributed by atoms with Crippen LogP contribution in [0.1, 0.15) is 90.9 Å².